The quantitative estimate of drug-likeness (QED) is 0.0578. The molecule has 4 rings (SSSR count). The second-order valence-corrected chi connectivity index (χ2v) is 9.17. The Morgan fingerprint density at radius 2 is 1.73 bits per heavy atom. The predicted octanol–water partition coefficient (Wildman–Crippen LogP) is 6.14. The number of nitro benzene ring substituents is 1. The molecule has 0 heterocycles. The molecule has 4 aromatic rings. The standard InChI is InChI=1S/C29H27ClN4O6/c30-29-21(7-4-8-23(29)20-5-2-1-3-6-20)18-40-28-15-27(22(16-32-11-12-35)14-26(28)34(37)38)39-17-19-9-10-25(33-36)24(31)13-19/h1-10,13-15,32,35H,11-12,16-18,31H2. The second kappa shape index (κ2) is 13.5. The number of nitrogen functional groups attached to an aromatic ring is 1. The Kier molecular flexibility index (Phi) is 9.63. The highest BCUT2D eigenvalue weighted by Gasteiger charge is 2.21. The maximum absolute atomic E-state index is 12.0. The fraction of sp³-hybridized carbons (Fsp3) is 0.172. The summed E-state index contributed by atoms with van der Waals surface area (Å²) >= 11 is 6.69. The van der Waals surface area contributed by atoms with Crippen molar-refractivity contribution in [1.82, 2.24) is 5.32 Å². The maximum Gasteiger partial charge on any atom is 0.311 e. The molecule has 0 saturated heterocycles. The molecule has 0 aliphatic heterocycles. The number of hydrogen-bond donors (Lipinski definition) is 3. The molecular weight excluding hydrogens is 536 g/mol. The molecular formula is C29H27ClN4O6. The SMILES string of the molecule is Nc1cc(COc2cc(OCc3cccc(-c4ccccc4)c3Cl)c([N+](=O)[O-])cc2CNCCO)ccc1N=O. The van der Waals surface area contributed by atoms with Crippen LogP contribution in [0, 0.1) is 15.0 Å². The van der Waals surface area contributed by atoms with Crippen LogP contribution in [0.2, 0.25) is 5.02 Å². The minimum Gasteiger partial charge on any atom is -0.488 e. The minimum atomic E-state index is -0.525. The lowest BCUT2D eigenvalue weighted by atomic mass is 10.0. The van der Waals surface area contributed by atoms with Crippen LogP contribution >= 0.6 is 11.6 Å². The molecule has 0 radical (unpaired) electrons. The molecule has 4 aromatic carbocycles. The van der Waals surface area contributed by atoms with E-state index in [1.807, 2.05) is 42.5 Å². The van der Waals surface area contributed by atoms with E-state index in [9.17, 15) is 15.0 Å². The molecule has 11 heteroatoms. The lowest BCUT2D eigenvalue weighted by molar-refractivity contribution is -0.386. The summed E-state index contributed by atoms with van der Waals surface area (Å²) in [6.45, 7) is 0.451. The summed E-state index contributed by atoms with van der Waals surface area (Å²) in [5.41, 5.74) is 9.54. The summed E-state index contributed by atoms with van der Waals surface area (Å²) < 4.78 is 12.0. The Labute approximate surface area is 235 Å². The van der Waals surface area contributed by atoms with Crippen LogP contribution in [0.5, 0.6) is 11.5 Å². The highest BCUT2D eigenvalue weighted by molar-refractivity contribution is 6.34. The van der Waals surface area contributed by atoms with Crippen LogP contribution < -0.4 is 20.5 Å². The molecule has 0 bridgehead atoms. The Morgan fingerprint density at radius 3 is 2.42 bits per heavy atom. The number of nitroso groups, excluding NO2 is 1. The number of benzene rings is 4. The number of hydrogen-bond acceptors (Lipinski definition) is 9. The summed E-state index contributed by atoms with van der Waals surface area (Å²) in [6.07, 6.45) is 0. The summed E-state index contributed by atoms with van der Waals surface area (Å²) in [5.74, 6) is 0.346. The van der Waals surface area contributed by atoms with Gasteiger partial charge in [-0.05, 0) is 28.4 Å². The van der Waals surface area contributed by atoms with Gasteiger partial charge in [-0.3, -0.25) is 10.1 Å². The van der Waals surface area contributed by atoms with Crippen LogP contribution in [0.3, 0.4) is 0 Å². The monoisotopic (exact) mass is 562 g/mol. The number of rotatable bonds is 13. The third-order valence-corrected chi connectivity index (χ3v) is 6.52. The van der Waals surface area contributed by atoms with E-state index in [0.29, 0.717) is 34.0 Å². The van der Waals surface area contributed by atoms with Gasteiger partial charge in [0.1, 0.15) is 24.7 Å². The third kappa shape index (κ3) is 6.92. The molecule has 0 atom stereocenters. The van der Waals surface area contributed by atoms with Gasteiger partial charge in [-0.1, -0.05) is 66.2 Å². The Balaban J connectivity index is 1.62. The molecule has 0 amide bonds. The average molecular weight is 563 g/mol. The van der Waals surface area contributed by atoms with E-state index >= 15 is 0 Å². The van der Waals surface area contributed by atoms with Gasteiger partial charge in [-0.2, -0.15) is 0 Å². The fourth-order valence-corrected chi connectivity index (χ4v) is 4.34. The first-order chi connectivity index (χ1) is 19.4. The second-order valence-electron chi connectivity index (χ2n) is 8.79. The normalized spacial score (nSPS) is 10.8. The molecule has 0 unspecified atom stereocenters. The van der Waals surface area contributed by atoms with Gasteiger partial charge >= 0.3 is 5.69 Å². The van der Waals surface area contributed by atoms with Crippen LogP contribution in [0.25, 0.3) is 11.1 Å². The summed E-state index contributed by atoms with van der Waals surface area (Å²) in [7, 11) is 0. The van der Waals surface area contributed by atoms with E-state index in [-0.39, 0.29) is 49.2 Å². The number of aliphatic hydroxyl groups excluding tert-OH is 1. The largest absolute Gasteiger partial charge is 0.488 e. The van der Waals surface area contributed by atoms with Gasteiger partial charge in [-0.25, -0.2) is 0 Å². The molecule has 0 aliphatic carbocycles. The lowest BCUT2D eigenvalue weighted by Gasteiger charge is -2.16. The van der Waals surface area contributed by atoms with E-state index in [1.165, 1.54) is 18.2 Å². The average Bonchev–Trinajstić information content (AvgIpc) is 2.96. The highest BCUT2D eigenvalue weighted by Crippen LogP contribution is 2.37. The fourth-order valence-electron chi connectivity index (χ4n) is 4.05. The molecule has 40 heavy (non-hydrogen) atoms. The number of aliphatic hydroxyl groups is 1. The molecule has 0 saturated carbocycles. The zero-order chi connectivity index (χ0) is 28.5. The lowest BCUT2D eigenvalue weighted by Crippen LogP contribution is -2.18. The summed E-state index contributed by atoms with van der Waals surface area (Å²) in [5, 5.41) is 27.5. The predicted molar refractivity (Wildman–Crippen MR) is 154 cm³/mol. The highest BCUT2D eigenvalue weighted by atomic mass is 35.5. The van der Waals surface area contributed by atoms with Gasteiger partial charge in [-0.15, -0.1) is 4.91 Å². The van der Waals surface area contributed by atoms with Gasteiger partial charge in [0, 0.05) is 41.9 Å². The first-order valence-electron chi connectivity index (χ1n) is 12.3. The first kappa shape index (κ1) is 28.5. The van der Waals surface area contributed by atoms with Crippen molar-refractivity contribution in [2.75, 3.05) is 18.9 Å². The topological polar surface area (TPSA) is 149 Å². The molecule has 10 nitrogen and oxygen atoms in total. The van der Waals surface area contributed by atoms with Gasteiger partial charge in [0.2, 0.25) is 5.75 Å². The van der Waals surface area contributed by atoms with Crippen LogP contribution in [-0.2, 0) is 19.8 Å². The Morgan fingerprint density at radius 1 is 0.950 bits per heavy atom. The van der Waals surface area contributed by atoms with Crippen LogP contribution in [0.15, 0.2) is 84.0 Å². The molecule has 206 valence electrons. The van der Waals surface area contributed by atoms with Crippen molar-refractivity contribution in [3.8, 4) is 22.6 Å². The van der Waals surface area contributed by atoms with Crippen molar-refractivity contribution >= 4 is 28.7 Å². The van der Waals surface area contributed by atoms with E-state index in [1.54, 1.807) is 18.2 Å². The Hall–Kier alpha value is -4.51. The number of ether oxygens (including phenoxy) is 2. The van der Waals surface area contributed by atoms with Crippen LogP contribution in [-0.4, -0.2) is 23.2 Å². The smallest absolute Gasteiger partial charge is 0.311 e. The van der Waals surface area contributed by atoms with Gasteiger partial charge < -0.3 is 25.6 Å². The van der Waals surface area contributed by atoms with E-state index in [0.717, 1.165) is 11.1 Å². The van der Waals surface area contributed by atoms with Gasteiger partial charge in [0.05, 0.1) is 22.2 Å². The number of halogens is 1. The molecule has 0 fully saturated rings. The number of nitro groups is 1. The molecule has 0 aromatic heterocycles. The van der Waals surface area contributed by atoms with E-state index in [2.05, 4.69) is 10.5 Å². The first-order valence-corrected chi connectivity index (χ1v) is 12.7. The maximum atomic E-state index is 12.0. The number of nitrogens with one attached hydrogen (secondary N) is 1. The third-order valence-electron chi connectivity index (χ3n) is 6.07. The number of nitrogens with two attached hydrogens (primary N) is 1. The van der Waals surface area contributed by atoms with Crippen molar-refractivity contribution in [2.45, 2.75) is 19.8 Å². The van der Waals surface area contributed by atoms with Crippen molar-refractivity contribution < 1.29 is 19.5 Å². The van der Waals surface area contributed by atoms with Crippen LogP contribution in [0.1, 0.15) is 16.7 Å². The van der Waals surface area contributed by atoms with Crippen molar-refractivity contribution in [1.29, 1.82) is 0 Å². The Bertz CT molecular complexity index is 1500. The number of anilines is 1. The van der Waals surface area contributed by atoms with Crippen molar-refractivity contribution in [3.05, 3.63) is 116 Å². The molecule has 0 spiro atoms. The summed E-state index contributed by atoms with van der Waals surface area (Å²) in [6, 6.07) is 22.7. The molecule has 4 N–H and O–H groups in total. The van der Waals surface area contributed by atoms with Gasteiger partial charge in [0.25, 0.3) is 0 Å². The zero-order valence-corrected chi connectivity index (χ0v) is 22.1. The summed E-state index contributed by atoms with van der Waals surface area (Å²) in [4.78, 5) is 22.3. The molecule has 0 aliphatic rings. The minimum absolute atomic E-state index is 0.00658. The van der Waals surface area contributed by atoms with Crippen molar-refractivity contribution in [2.24, 2.45) is 5.18 Å². The van der Waals surface area contributed by atoms with E-state index < -0.39 is 4.92 Å². The number of nitrogens with zero attached hydrogens (tertiary/aromatic N) is 2. The van der Waals surface area contributed by atoms with Gasteiger partial charge in [0.15, 0.2) is 0 Å². The van der Waals surface area contributed by atoms with E-state index in [4.69, 9.17) is 31.9 Å². The zero-order valence-electron chi connectivity index (χ0n) is 21.4. The van der Waals surface area contributed by atoms with Crippen LogP contribution in [0.4, 0.5) is 17.1 Å². The van der Waals surface area contributed by atoms with Crippen molar-refractivity contribution in [3.63, 3.8) is 0 Å².